The van der Waals surface area contributed by atoms with Crippen LogP contribution in [0.2, 0.25) is 5.02 Å². The van der Waals surface area contributed by atoms with E-state index in [1.807, 2.05) is 0 Å². The number of aliphatic carboxylic acids is 1. The van der Waals surface area contributed by atoms with Crippen molar-refractivity contribution in [1.29, 1.82) is 0 Å². The van der Waals surface area contributed by atoms with Crippen LogP contribution in [0.5, 0.6) is 0 Å². The van der Waals surface area contributed by atoms with Crippen molar-refractivity contribution in [2.75, 3.05) is 0 Å². The minimum Gasteiger partial charge on any atom is -0.481 e. The normalized spacial score (nSPS) is 9.13. The van der Waals surface area contributed by atoms with E-state index >= 15 is 0 Å². The van der Waals surface area contributed by atoms with Gasteiger partial charge in [-0.25, -0.2) is 0 Å². The Morgan fingerprint density at radius 1 is 1.53 bits per heavy atom. The molecule has 0 aliphatic heterocycles. The van der Waals surface area contributed by atoms with Crippen LogP contribution in [0.1, 0.15) is 5.56 Å². The van der Waals surface area contributed by atoms with E-state index in [0.29, 0.717) is 0 Å². The molecule has 1 N–H and O–H groups in total. The Labute approximate surface area is 96.2 Å². The first-order chi connectivity index (χ1) is 6.50. The lowest BCUT2D eigenvalue weighted by atomic mass is 10.1. The van der Waals surface area contributed by atoms with Gasteiger partial charge in [0.25, 0.3) is 5.69 Å². The van der Waals surface area contributed by atoms with Crippen LogP contribution in [-0.4, -0.2) is 16.0 Å². The molecule has 82 valence electrons. The zero-order valence-corrected chi connectivity index (χ0v) is 8.92. The Morgan fingerprint density at radius 3 is 2.60 bits per heavy atom. The van der Waals surface area contributed by atoms with E-state index in [1.54, 1.807) is 0 Å². The second kappa shape index (κ2) is 5.53. The number of hydrogen-bond donors (Lipinski definition) is 1. The lowest BCUT2D eigenvalue weighted by molar-refractivity contribution is -0.385. The lowest BCUT2D eigenvalue weighted by Crippen LogP contribution is -2.03. The van der Waals surface area contributed by atoms with E-state index in [1.165, 1.54) is 12.1 Å². The molecule has 7 heteroatoms. The molecule has 5 nitrogen and oxygen atoms in total. The van der Waals surface area contributed by atoms with Crippen LogP contribution in [0.3, 0.4) is 0 Å². The van der Waals surface area contributed by atoms with Gasteiger partial charge in [0, 0.05) is 16.7 Å². The predicted octanol–water partition coefficient (Wildman–Crippen LogP) is 2.30. The average molecular weight is 252 g/mol. The van der Waals surface area contributed by atoms with E-state index in [4.69, 9.17) is 16.7 Å². The number of rotatable bonds is 3. The molecule has 1 aromatic rings. The molecule has 0 aliphatic carbocycles. The lowest BCUT2D eigenvalue weighted by Gasteiger charge is -1.99. The van der Waals surface area contributed by atoms with Gasteiger partial charge in [-0.15, -0.1) is 12.4 Å². The van der Waals surface area contributed by atoms with E-state index in [0.717, 1.165) is 6.07 Å². The number of nitrogens with zero attached hydrogens (tertiary/aromatic N) is 1. The van der Waals surface area contributed by atoms with Gasteiger partial charge in [0.05, 0.1) is 11.3 Å². The maximum absolute atomic E-state index is 10.5. The first-order valence-electron chi connectivity index (χ1n) is 3.65. The second-order valence-corrected chi connectivity index (χ2v) is 3.04. The fourth-order valence-electron chi connectivity index (χ4n) is 1.02. The van der Waals surface area contributed by atoms with Gasteiger partial charge in [-0.3, -0.25) is 14.9 Å². The third kappa shape index (κ3) is 3.73. The van der Waals surface area contributed by atoms with Crippen LogP contribution in [0.25, 0.3) is 0 Å². The summed E-state index contributed by atoms with van der Waals surface area (Å²) in [5.41, 5.74) is -0.119. The SMILES string of the molecule is Cl.O=C(O)Cc1ccc(Cl)cc1[N+](=O)[O-]. The quantitative estimate of drug-likeness (QED) is 0.661. The summed E-state index contributed by atoms with van der Waals surface area (Å²) in [6.07, 6.45) is -0.381. The highest BCUT2D eigenvalue weighted by atomic mass is 35.5. The molecule has 15 heavy (non-hydrogen) atoms. The molecule has 0 spiro atoms. The molecule has 0 bridgehead atoms. The Bertz CT molecular complexity index is 394. The molecule has 0 aliphatic rings. The number of carbonyl (C=O) groups is 1. The van der Waals surface area contributed by atoms with Crippen LogP contribution < -0.4 is 0 Å². The maximum Gasteiger partial charge on any atom is 0.308 e. The molecule has 0 radical (unpaired) electrons. The summed E-state index contributed by atoms with van der Waals surface area (Å²) in [5.74, 6) is -1.12. The third-order valence-corrected chi connectivity index (χ3v) is 1.82. The van der Waals surface area contributed by atoms with E-state index in [-0.39, 0.29) is 35.1 Å². The molecular weight excluding hydrogens is 245 g/mol. The molecule has 0 saturated carbocycles. The molecule has 1 aromatic carbocycles. The first kappa shape index (κ1) is 13.7. The van der Waals surface area contributed by atoms with Gasteiger partial charge in [-0.05, 0) is 6.07 Å². The van der Waals surface area contributed by atoms with Crippen molar-refractivity contribution in [3.8, 4) is 0 Å². The maximum atomic E-state index is 10.5. The van der Waals surface area contributed by atoms with E-state index < -0.39 is 10.9 Å². The fourth-order valence-corrected chi connectivity index (χ4v) is 1.19. The number of benzene rings is 1. The third-order valence-electron chi connectivity index (χ3n) is 1.59. The molecule has 0 heterocycles. The van der Waals surface area contributed by atoms with Gasteiger partial charge >= 0.3 is 5.97 Å². The van der Waals surface area contributed by atoms with E-state index in [2.05, 4.69) is 0 Å². The molecule has 0 atom stereocenters. The van der Waals surface area contributed by atoms with Crippen LogP contribution in [0.15, 0.2) is 18.2 Å². The fraction of sp³-hybridized carbons (Fsp3) is 0.125. The summed E-state index contributed by atoms with van der Waals surface area (Å²) in [5, 5.41) is 19.2. The van der Waals surface area contributed by atoms with Crippen molar-refractivity contribution in [1.82, 2.24) is 0 Å². The summed E-state index contributed by atoms with van der Waals surface area (Å²) in [7, 11) is 0. The molecule has 0 saturated heterocycles. The van der Waals surface area contributed by atoms with Gasteiger partial charge in [-0.2, -0.15) is 0 Å². The van der Waals surface area contributed by atoms with Crippen molar-refractivity contribution in [2.24, 2.45) is 0 Å². The monoisotopic (exact) mass is 251 g/mol. The first-order valence-corrected chi connectivity index (χ1v) is 4.03. The molecule has 0 amide bonds. The van der Waals surface area contributed by atoms with Crippen LogP contribution in [0.4, 0.5) is 5.69 Å². The number of halogens is 2. The number of hydrogen-bond acceptors (Lipinski definition) is 3. The number of nitro groups is 1. The van der Waals surface area contributed by atoms with Crippen molar-refractivity contribution >= 4 is 35.7 Å². The molecule has 1 rings (SSSR count). The Balaban J connectivity index is 0.00000196. The van der Waals surface area contributed by atoms with Gasteiger partial charge in [0.1, 0.15) is 0 Å². The zero-order valence-electron chi connectivity index (χ0n) is 7.34. The van der Waals surface area contributed by atoms with Gasteiger partial charge in [-0.1, -0.05) is 17.7 Å². The standard InChI is InChI=1S/C8H6ClNO4.ClH/c9-6-2-1-5(3-8(11)12)7(4-6)10(13)14;/h1-2,4H,3H2,(H,11,12);1H. The highest BCUT2D eigenvalue weighted by molar-refractivity contribution is 6.30. The highest BCUT2D eigenvalue weighted by Gasteiger charge is 2.16. The Kier molecular flexibility index (Phi) is 5.04. The highest BCUT2D eigenvalue weighted by Crippen LogP contribution is 2.23. The number of nitro benzene ring substituents is 1. The van der Waals surface area contributed by atoms with Gasteiger partial charge < -0.3 is 5.11 Å². The minimum absolute atomic E-state index is 0. The van der Waals surface area contributed by atoms with Crippen LogP contribution in [0, 0.1) is 10.1 Å². The van der Waals surface area contributed by atoms with Crippen molar-refractivity contribution in [3.63, 3.8) is 0 Å². The molecule has 0 unspecified atom stereocenters. The second-order valence-electron chi connectivity index (χ2n) is 2.60. The smallest absolute Gasteiger partial charge is 0.308 e. The number of carboxylic acid groups (broad SMARTS) is 1. The minimum atomic E-state index is -1.12. The van der Waals surface area contributed by atoms with Crippen molar-refractivity contribution < 1.29 is 14.8 Å². The summed E-state index contributed by atoms with van der Waals surface area (Å²) >= 11 is 5.55. The van der Waals surface area contributed by atoms with Crippen molar-refractivity contribution in [2.45, 2.75) is 6.42 Å². The molecule has 0 fully saturated rings. The molecular formula is C8H7Cl2NO4. The topological polar surface area (TPSA) is 80.4 Å². The average Bonchev–Trinajstić information content (AvgIpc) is 2.07. The van der Waals surface area contributed by atoms with Gasteiger partial charge in [0.2, 0.25) is 0 Å². The van der Waals surface area contributed by atoms with Gasteiger partial charge in [0.15, 0.2) is 0 Å². The molecule has 0 aromatic heterocycles. The Morgan fingerprint density at radius 2 is 2.13 bits per heavy atom. The largest absolute Gasteiger partial charge is 0.481 e. The number of carboxylic acids is 1. The predicted molar refractivity (Wildman–Crippen MR) is 56.7 cm³/mol. The van der Waals surface area contributed by atoms with Crippen LogP contribution >= 0.6 is 24.0 Å². The summed E-state index contributed by atoms with van der Waals surface area (Å²) in [6.45, 7) is 0. The van der Waals surface area contributed by atoms with Crippen LogP contribution in [-0.2, 0) is 11.2 Å². The van der Waals surface area contributed by atoms with Crippen molar-refractivity contribution in [3.05, 3.63) is 38.9 Å². The Hall–Kier alpha value is -1.33. The summed E-state index contributed by atoms with van der Waals surface area (Å²) in [4.78, 5) is 20.2. The van der Waals surface area contributed by atoms with E-state index in [9.17, 15) is 14.9 Å². The zero-order chi connectivity index (χ0) is 10.7. The summed E-state index contributed by atoms with van der Waals surface area (Å²) in [6, 6.07) is 3.90. The summed E-state index contributed by atoms with van der Waals surface area (Å²) < 4.78 is 0.